The molecule has 2 heterocycles. The predicted molar refractivity (Wildman–Crippen MR) is 101 cm³/mol. The second-order valence-electron chi connectivity index (χ2n) is 6.19. The van der Waals surface area contributed by atoms with Gasteiger partial charge < -0.3 is 14.7 Å². The van der Waals surface area contributed by atoms with Crippen molar-refractivity contribution in [2.75, 3.05) is 24.2 Å². The molecule has 26 heavy (non-hydrogen) atoms. The molecule has 0 saturated carbocycles. The molecule has 0 radical (unpaired) electrons. The Labute approximate surface area is 161 Å². The van der Waals surface area contributed by atoms with Crippen LogP contribution in [0.5, 0.6) is 0 Å². The van der Waals surface area contributed by atoms with Crippen LogP contribution >= 0.6 is 23.4 Å². The SMILES string of the molecule is Cc1cc(NC(=O)C2CCN(C(=O)CSc3ccccc3Cl)CC2)no1. The van der Waals surface area contributed by atoms with E-state index < -0.39 is 0 Å². The summed E-state index contributed by atoms with van der Waals surface area (Å²) in [5.41, 5.74) is 0. The van der Waals surface area contributed by atoms with E-state index in [0.717, 1.165) is 4.90 Å². The zero-order valence-corrected chi connectivity index (χ0v) is 16.0. The summed E-state index contributed by atoms with van der Waals surface area (Å²) in [4.78, 5) is 27.4. The monoisotopic (exact) mass is 393 g/mol. The normalized spacial score (nSPS) is 15.1. The van der Waals surface area contributed by atoms with Crippen molar-refractivity contribution in [3.63, 3.8) is 0 Å². The first-order valence-electron chi connectivity index (χ1n) is 8.42. The van der Waals surface area contributed by atoms with Crippen LogP contribution in [-0.4, -0.2) is 40.7 Å². The highest BCUT2D eigenvalue weighted by Gasteiger charge is 2.27. The molecule has 0 bridgehead atoms. The van der Waals surface area contributed by atoms with Gasteiger partial charge in [-0.3, -0.25) is 9.59 Å². The van der Waals surface area contributed by atoms with Crippen LogP contribution in [-0.2, 0) is 9.59 Å². The molecule has 3 rings (SSSR count). The summed E-state index contributed by atoms with van der Waals surface area (Å²) >= 11 is 7.55. The second kappa shape index (κ2) is 8.60. The Morgan fingerprint density at radius 1 is 1.35 bits per heavy atom. The van der Waals surface area contributed by atoms with Crippen LogP contribution in [0.3, 0.4) is 0 Å². The van der Waals surface area contributed by atoms with Crippen molar-refractivity contribution in [3.05, 3.63) is 41.1 Å². The number of hydrogen-bond acceptors (Lipinski definition) is 5. The summed E-state index contributed by atoms with van der Waals surface area (Å²) in [6, 6.07) is 9.17. The van der Waals surface area contributed by atoms with Crippen LogP contribution in [0.15, 0.2) is 39.8 Å². The predicted octanol–water partition coefficient (Wildman–Crippen LogP) is 3.61. The van der Waals surface area contributed by atoms with E-state index in [-0.39, 0.29) is 17.7 Å². The second-order valence-corrected chi connectivity index (χ2v) is 7.61. The number of nitrogens with zero attached hydrogens (tertiary/aromatic N) is 2. The third-order valence-corrected chi connectivity index (χ3v) is 5.79. The van der Waals surface area contributed by atoms with E-state index >= 15 is 0 Å². The number of thioether (sulfide) groups is 1. The van der Waals surface area contributed by atoms with E-state index in [1.54, 1.807) is 13.0 Å². The van der Waals surface area contributed by atoms with E-state index in [4.69, 9.17) is 16.1 Å². The number of nitrogens with one attached hydrogen (secondary N) is 1. The number of halogens is 1. The van der Waals surface area contributed by atoms with Crippen molar-refractivity contribution < 1.29 is 14.1 Å². The molecule has 2 amide bonds. The van der Waals surface area contributed by atoms with Gasteiger partial charge >= 0.3 is 0 Å². The number of carbonyl (C=O) groups excluding carboxylic acids is 2. The fourth-order valence-corrected chi connectivity index (χ4v) is 3.98. The quantitative estimate of drug-likeness (QED) is 0.785. The van der Waals surface area contributed by atoms with Crippen LogP contribution in [0.2, 0.25) is 5.02 Å². The molecule has 0 spiro atoms. The van der Waals surface area contributed by atoms with Crippen LogP contribution in [0.25, 0.3) is 0 Å². The maximum atomic E-state index is 12.4. The molecule has 6 nitrogen and oxygen atoms in total. The van der Waals surface area contributed by atoms with Gasteiger partial charge in [-0.1, -0.05) is 28.9 Å². The van der Waals surface area contributed by atoms with Crippen molar-refractivity contribution in [1.82, 2.24) is 10.1 Å². The number of rotatable bonds is 5. The van der Waals surface area contributed by atoms with E-state index in [9.17, 15) is 9.59 Å². The highest BCUT2D eigenvalue weighted by atomic mass is 35.5. The maximum absolute atomic E-state index is 12.4. The number of aryl methyl sites for hydroxylation is 1. The first kappa shape index (κ1) is 18.8. The van der Waals surface area contributed by atoms with E-state index in [0.29, 0.717) is 48.3 Å². The molecule has 8 heteroatoms. The van der Waals surface area contributed by atoms with E-state index in [1.165, 1.54) is 11.8 Å². The average Bonchev–Trinajstić information content (AvgIpc) is 3.05. The van der Waals surface area contributed by atoms with Crippen molar-refractivity contribution in [2.24, 2.45) is 5.92 Å². The molecule has 1 aliphatic rings. The minimum absolute atomic E-state index is 0.0703. The van der Waals surface area contributed by atoms with Gasteiger partial charge in [-0.05, 0) is 31.9 Å². The Hall–Kier alpha value is -1.99. The van der Waals surface area contributed by atoms with Crippen molar-refractivity contribution in [1.29, 1.82) is 0 Å². The van der Waals surface area contributed by atoms with Crippen LogP contribution in [0.4, 0.5) is 5.82 Å². The first-order valence-corrected chi connectivity index (χ1v) is 9.78. The number of anilines is 1. The molecule has 1 aliphatic heterocycles. The molecule has 1 saturated heterocycles. The topological polar surface area (TPSA) is 75.4 Å². The van der Waals surface area contributed by atoms with Gasteiger partial charge in [-0.25, -0.2) is 0 Å². The van der Waals surface area contributed by atoms with Crippen LogP contribution in [0, 0.1) is 12.8 Å². The van der Waals surface area contributed by atoms with Gasteiger partial charge in [0.2, 0.25) is 11.8 Å². The number of benzene rings is 1. The molecule has 1 N–H and O–H groups in total. The van der Waals surface area contributed by atoms with Gasteiger partial charge in [0.1, 0.15) is 5.76 Å². The summed E-state index contributed by atoms with van der Waals surface area (Å²) < 4.78 is 4.94. The highest BCUT2D eigenvalue weighted by molar-refractivity contribution is 8.00. The molecule has 1 aromatic heterocycles. The largest absolute Gasteiger partial charge is 0.360 e. The zero-order valence-electron chi connectivity index (χ0n) is 14.4. The summed E-state index contributed by atoms with van der Waals surface area (Å²) in [5, 5.41) is 7.19. The Morgan fingerprint density at radius 3 is 2.73 bits per heavy atom. The third-order valence-electron chi connectivity index (χ3n) is 4.29. The molecule has 138 valence electrons. The summed E-state index contributed by atoms with van der Waals surface area (Å²) in [5.74, 6) is 1.31. The molecule has 1 aromatic carbocycles. The van der Waals surface area contributed by atoms with Gasteiger partial charge in [0.05, 0.1) is 10.8 Å². The van der Waals surface area contributed by atoms with Gasteiger partial charge in [0, 0.05) is 30.0 Å². The Morgan fingerprint density at radius 2 is 2.08 bits per heavy atom. The lowest BCUT2D eigenvalue weighted by Crippen LogP contribution is -2.42. The molecule has 0 atom stereocenters. The molecule has 2 aromatic rings. The Balaban J connectivity index is 1.44. The fraction of sp³-hybridized carbons (Fsp3) is 0.389. The Kier molecular flexibility index (Phi) is 6.21. The van der Waals surface area contributed by atoms with E-state index in [2.05, 4.69) is 10.5 Å². The number of amides is 2. The van der Waals surface area contributed by atoms with Crippen LogP contribution in [0.1, 0.15) is 18.6 Å². The number of aromatic nitrogens is 1. The summed E-state index contributed by atoms with van der Waals surface area (Å²) in [7, 11) is 0. The van der Waals surface area contributed by atoms with E-state index in [1.807, 2.05) is 29.2 Å². The van der Waals surface area contributed by atoms with Gasteiger partial charge in [0.25, 0.3) is 0 Å². The number of piperidine rings is 1. The standard InChI is InChI=1S/C18H20ClN3O3S/c1-12-10-16(21-25-12)20-18(24)13-6-8-22(9-7-13)17(23)11-26-15-5-3-2-4-14(15)19/h2-5,10,13H,6-9,11H2,1H3,(H,20,21,24). The van der Waals surface area contributed by atoms with Crippen molar-refractivity contribution in [3.8, 4) is 0 Å². The van der Waals surface area contributed by atoms with Gasteiger partial charge in [0.15, 0.2) is 5.82 Å². The van der Waals surface area contributed by atoms with Gasteiger partial charge in [-0.2, -0.15) is 0 Å². The molecule has 1 fully saturated rings. The zero-order chi connectivity index (χ0) is 18.5. The number of hydrogen-bond donors (Lipinski definition) is 1. The molecular weight excluding hydrogens is 374 g/mol. The average molecular weight is 394 g/mol. The summed E-state index contributed by atoms with van der Waals surface area (Å²) in [6.45, 7) is 2.93. The lowest BCUT2D eigenvalue weighted by molar-refractivity contribution is -0.132. The van der Waals surface area contributed by atoms with Crippen molar-refractivity contribution in [2.45, 2.75) is 24.7 Å². The fourth-order valence-electron chi connectivity index (χ4n) is 2.84. The van der Waals surface area contributed by atoms with Crippen LogP contribution < -0.4 is 5.32 Å². The maximum Gasteiger partial charge on any atom is 0.232 e. The minimum atomic E-state index is -0.118. The lowest BCUT2D eigenvalue weighted by atomic mass is 9.96. The third kappa shape index (κ3) is 4.80. The highest BCUT2D eigenvalue weighted by Crippen LogP contribution is 2.27. The molecule has 0 aliphatic carbocycles. The smallest absolute Gasteiger partial charge is 0.232 e. The number of carbonyl (C=O) groups is 2. The Bertz CT molecular complexity index is 787. The minimum Gasteiger partial charge on any atom is -0.360 e. The molecular formula is C18H20ClN3O3S. The first-order chi connectivity index (χ1) is 12.5. The number of likely N-dealkylation sites (tertiary alicyclic amines) is 1. The summed E-state index contributed by atoms with van der Waals surface area (Å²) in [6.07, 6.45) is 1.29. The van der Waals surface area contributed by atoms with Gasteiger partial charge in [-0.15, -0.1) is 11.8 Å². The molecule has 0 unspecified atom stereocenters. The lowest BCUT2D eigenvalue weighted by Gasteiger charge is -2.31. The van der Waals surface area contributed by atoms with Crippen molar-refractivity contribution >= 4 is 41.0 Å².